The molecule has 0 aliphatic carbocycles. The van der Waals surface area contributed by atoms with Gasteiger partial charge in [0, 0.05) is 12.6 Å². The first-order valence-corrected chi connectivity index (χ1v) is 5.77. The number of amides is 2. The number of hydrogen-bond donors (Lipinski definition) is 3. The normalized spacial score (nSPS) is 14.1. The van der Waals surface area contributed by atoms with Gasteiger partial charge in [-0.2, -0.15) is 0 Å². The molecule has 1 rings (SSSR count). The van der Waals surface area contributed by atoms with E-state index < -0.39 is 0 Å². The second-order valence-corrected chi connectivity index (χ2v) is 4.20. The average molecular weight is 240 g/mol. The molecule has 0 aromatic carbocycles. The molecule has 17 heavy (non-hydrogen) atoms. The fourth-order valence-corrected chi connectivity index (χ4v) is 1.49. The maximum Gasteiger partial charge on any atom is 0.315 e. The van der Waals surface area contributed by atoms with Gasteiger partial charge in [-0.15, -0.1) is 0 Å². The lowest BCUT2D eigenvalue weighted by atomic mass is 10.2. The maximum absolute atomic E-state index is 11.6. The van der Waals surface area contributed by atoms with Gasteiger partial charge in [-0.3, -0.25) is 0 Å². The zero-order valence-electron chi connectivity index (χ0n) is 10.5. The van der Waals surface area contributed by atoms with Crippen molar-refractivity contribution in [1.29, 1.82) is 0 Å². The molecule has 1 aromatic heterocycles. The topological polar surface area (TPSA) is 74.5 Å². The third-order valence-corrected chi connectivity index (χ3v) is 2.48. The Bertz CT molecular complexity index is 362. The molecule has 0 aliphatic rings. The Hall–Kier alpha value is -1.49. The van der Waals surface area contributed by atoms with E-state index in [1.54, 1.807) is 0 Å². The Kier molecular flexibility index (Phi) is 5.03. The fourth-order valence-electron chi connectivity index (χ4n) is 1.49. The van der Waals surface area contributed by atoms with E-state index in [4.69, 9.17) is 9.52 Å². The molecule has 5 heteroatoms. The first-order chi connectivity index (χ1) is 8.02. The van der Waals surface area contributed by atoms with E-state index in [0.717, 1.165) is 11.5 Å². The van der Waals surface area contributed by atoms with Gasteiger partial charge in [0.25, 0.3) is 0 Å². The quantitative estimate of drug-likeness (QED) is 0.733. The van der Waals surface area contributed by atoms with Gasteiger partial charge in [0.1, 0.15) is 11.5 Å². The standard InChI is InChI=1S/C12H20N2O3/c1-8(6-7-15)13-12(16)14-10(3)11-5-4-9(2)17-11/h4-5,8,10,15H,6-7H2,1-3H3,(H2,13,14,16)/t8-,10?/m1/s1. The molecule has 0 bridgehead atoms. The van der Waals surface area contributed by atoms with Crippen molar-refractivity contribution >= 4 is 6.03 Å². The van der Waals surface area contributed by atoms with Gasteiger partial charge in [0.05, 0.1) is 6.04 Å². The number of carbonyl (C=O) groups excluding carboxylic acids is 1. The first-order valence-electron chi connectivity index (χ1n) is 5.77. The monoisotopic (exact) mass is 240 g/mol. The van der Waals surface area contributed by atoms with Crippen molar-refractivity contribution in [2.24, 2.45) is 0 Å². The summed E-state index contributed by atoms with van der Waals surface area (Å²) in [6.07, 6.45) is 0.543. The number of furan rings is 1. The summed E-state index contributed by atoms with van der Waals surface area (Å²) in [5, 5.41) is 14.2. The molecule has 0 radical (unpaired) electrons. The van der Waals surface area contributed by atoms with Crippen LogP contribution < -0.4 is 10.6 Å². The Morgan fingerprint density at radius 3 is 2.65 bits per heavy atom. The van der Waals surface area contributed by atoms with Crippen LogP contribution in [0.4, 0.5) is 4.79 Å². The molecule has 1 heterocycles. The second kappa shape index (κ2) is 6.30. The van der Waals surface area contributed by atoms with Crippen LogP contribution in [0, 0.1) is 6.92 Å². The molecule has 96 valence electrons. The third kappa shape index (κ3) is 4.48. The van der Waals surface area contributed by atoms with Crippen molar-refractivity contribution in [3.8, 4) is 0 Å². The van der Waals surface area contributed by atoms with E-state index in [1.807, 2.05) is 32.9 Å². The molecule has 0 spiro atoms. The van der Waals surface area contributed by atoms with Crippen molar-refractivity contribution in [3.63, 3.8) is 0 Å². The first kappa shape index (κ1) is 13.6. The molecular weight excluding hydrogens is 220 g/mol. The van der Waals surface area contributed by atoms with Crippen LogP contribution in [-0.4, -0.2) is 23.8 Å². The van der Waals surface area contributed by atoms with Crippen molar-refractivity contribution in [3.05, 3.63) is 23.7 Å². The molecule has 2 amide bonds. The summed E-state index contributed by atoms with van der Waals surface area (Å²) in [5.41, 5.74) is 0. The van der Waals surface area contributed by atoms with Crippen LogP contribution in [0.2, 0.25) is 0 Å². The fraction of sp³-hybridized carbons (Fsp3) is 0.583. The Morgan fingerprint density at radius 2 is 2.12 bits per heavy atom. The molecule has 0 saturated heterocycles. The number of carbonyl (C=O) groups is 1. The van der Waals surface area contributed by atoms with E-state index in [0.29, 0.717) is 6.42 Å². The largest absolute Gasteiger partial charge is 0.464 e. The van der Waals surface area contributed by atoms with Crippen LogP contribution in [0.5, 0.6) is 0 Å². The summed E-state index contributed by atoms with van der Waals surface area (Å²) >= 11 is 0. The molecule has 2 atom stereocenters. The summed E-state index contributed by atoms with van der Waals surface area (Å²) in [5.74, 6) is 1.55. The average Bonchev–Trinajstić information content (AvgIpc) is 2.64. The van der Waals surface area contributed by atoms with Crippen LogP contribution in [0.3, 0.4) is 0 Å². The molecule has 1 aromatic rings. The molecule has 0 fully saturated rings. The van der Waals surface area contributed by atoms with Crippen molar-refractivity contribution in [1.82, 2.24) is 10.6 Å². The Labute approximate surface area is 101 Å². The van der Waals surface area contributed by atoms with Gasteiger partial charge in [-0.1, -0.05) is 0 Å². The molecule has 1 unspecified atom stereocenters. The Morgan fingerprint density at radius 1 is 1.41 bits per heavy atom. The van der Waals surface area contributed by atoms with Crippen LogP contribution in [0.25, 0.3) is 0 Å². The molecule has 0 saturated carbocycles. The second-order valence-electron chi connectivity index (χ2n) is 4.20. The van der Waals surface area contributed by atoms with Gasteiger partial charge in [0.15, 0.2) is 0 Å². The SMILES string of the molecule is Cc1ccc(C(C)NC(=O)N[C@H](C)CCO)o1. The molecule has 3 N–H and O–H groups in total. The molecule has 5 nitrogen and oxygen atoms in total. The van der Waals surface area contributed by atoms with Crippen LogP contribution in [-0.2, 0) is 0 Å². The predicted octanol–water partition coefficient (Wildman–Crippen LogP) is 1.72. The number of hydrogen-bond acceptors (Lipinski definition) is 3. The zero-order chi connectivity index (χ0) is 12.8. The van der Waals surface area contributed by atoms with Crippen LogP contribution in [0.15, 0.2) is 16.5 Å². The zero-order valence-corrected chi connectivity index (χ0v) is 10.5. The minimum absolute atomic E-state index is 0.0504. The van der Waals surface area contributed by atoms with Crippen molar-refractivity contribution in [2.45, 2.75) is 39.3 Å². The van der Waals surface area contributed by atoms with Gasteiger partial charge in [-0.05, 0) is 39.3 Å². The minimum atomic E-state index is -0.257. The molecule has 0 aliphatic heterocycles. The maximum atomic E-state index is 11.6. The third-order valence-electron chi connectivity index (χ3n) is 2.48. The number of aryl methyl sites for hydroxylation is 1. The van der Waals surface area contributed by atoms with E-state index in [9.17, 15) is 4.79 Å². The van der Waals surface area contributed by atoms with E-state index in [1.165, 1.54) is 0 Å². The molecular formula is C12H20N2O3. The summed E-state index contributed by atoms with van der Waals surface area (Å²) in [6, 6.07) is 3.22. The van der Waals surface area contributed by atoms with E-state index in [-0.39, 0.29) is 24.7 Å². The highest BCUT2D eigenvalue weighted by molar-refractivity contribution is 5.74. The highest BCUT2D eigenvalue weighted by Gasteiger charge is 2.13. The predicted molar refractivity (Wildman–Crippen MR) is 64.7 cm³/mol. The van der Waals surface area contributed by atoms with Crippen molar-refractivity contribution < 1.29 is 14.3 Å². The van der Waals surface area contributed by atoms with Crippen LogP contribution in [0.1, 0.15) is 37.8 Å². The lowest BCUT2D eigenvalue weighted by molar-refractivity contribution is 0.226. The number of aliphatic hydroxyl groups excluding tert-OH is 1. The van der Waals surface area contributed by atoms with E-state index >= 15 is 0 Å². The van der Waals surface area contributed by atoms with Gasteiger partial charge < -0.3 is 20.2 Å². The lowest BCUT2D eigenvalue weighted by Crippen LogP contribution is -2.42. The lowest BCUT2D eigenvalue weighted by Gasteiger charge is -2.16. The van der Waals surface area contributed by atoms with Crippen molar-refractivity contribution in [2.75, 3.05) is 6.61 Å². The minimum Gasteiger partial charge on any atom is -0.464 e. The summed E-state index contributed by atoms with van der Waals surface area (Å²) < 4.78 is 5.42. The van der Waals surface area contributed by atoms with Gasteiger partial charge in [0.2, 0.25) is 0 Å². The summed E-state index contributed by atoms with van der Waals surface area (Å²) in [4.78, 5) is 11.6. The van der Waals surface area contributed by atoms with Gasteiger partial charge >= 0.3 is 6.03 Å². The smallest absolute Gasteiger partial charge is 0.315 e. The Balaban J connectivity index is 2.40. The summed E-state index contributed by atoms with van der Waals surface area (Å²) in [6.45, 7) is 5.63. The van der Waals surface area contributed by atoms with Gasteiger partial charge in [-0.25, -0.2) is 4.79 Å². The van der Waals surface area contributed by atoms with E-state index in [2.05, 4.69) is 10.6 Å². The van der Waals surface area contributed by atoms with Crippen LogP contribution >= 0.6 is 0 Å². The number of urea groups is 1. The highest BCUT2D eigenvalue weighted by atomic mass is 16.3. The number of nitrogens with one attached hydrogen (secondary N) is 2. The number of rotatable bonds is 5. The number of aliphatic hydroxyl groups is 1. The highest BCUT2D eigenvalue weighted by Crippen LogP contribution is 2.15. The summed E-state index contributed by atoms with van der Waals surface area (Å²) in [7, 11) is 0.